The fourth-order valence-corrected chi connectivity index (χ4v) is 5.70. The molecule has 0 saturated heterocycles. The number of alkyl halides is 3. The number of nitrogens with one attached hydrogen (secondary N) is 1. The summed E-state index contributed by atoms with van der Waals surface area (Å²) in [5.74, 6) is 0. The normalized spacial score (nSPS) is 13.0. The predicted molar refractivity (Wildman–Crippen MR) is 171 cm³/mol. The van der Waals surface area contributed by atoms with E-state index in [2.05, 4.69) is 35.0 Å². The van der Waals surface area contributed by atoms with Crippen molar-refractivity contribution in [3.8, 4) is 22.5 Å². The summed E-state index contributed by atoms with van der Waals surface area (Å²) in [7, 11) is -1.39. The van der Waals surface area contributed by atoms with Crippen LogP contribution in [0.2, 0.25) is 25.7 Å². The second-order valence-electron chi connectivity index (χ2n) is 14.1. The van der Waals surface area contributed by atoms with Crippen molar-refractivity contribution in [3.63, 3.8) is 0 Å². The SMILES string of the molecule is Cc1cc(-c2c(CC(F)(F)F)c(-c3ccc(C(C)(C)NC(=O)OC(C)(C)C)cc3)nn2COCC[Si](C)(C)C)cn2ncnc12. The lowest BCUT2D eigenvalue weighted by Crippen LogP contribution is -2.43. The highest BCUT2D eigenvalue weighted by molar-refractivity contribution is 6.76. The number of hydrogen-bond donors (Lipinski definition) is 1. The Morgan fingerprint density at radius 1 is 1.02 bits per heavy atom. The van der Waals surface area contributed by atoms with Gasteiger partial charge in [-0.1, -0.05) is 43.9 Å². The number of rotatable bonds is 10. The molecule has 4 rings (SSSR count). The number of halogens is 3. The van der Waals surface area contributed by atoms with Gasteiger partial charge in [-0.15, -0.1) is 0 Å². The van der Waals surface area contributed by atoms with Gasteiger partial charge >= 0.3 is 12.3 Å². The second kappa shape index (κ2) is 12.6. The number of hydrogen-bond acceptors (Lipinski definition) is 6. The Morgan fingerprint density at radius 3 is 2.29 bits per heavy atom. The van der Waals surface area contributed by atoms with E-state index in [4.69, 9.17) is 14.6 Å². The molecule has 0 bridgehead atoms. The molecule has 45 heavy (non-hydrogen) atoms. The van der Waals surface area contributed by atoms with Crippen LogP contribution in [-0.4, -0.2) is 56.9 Å². The summed E-state index contributed by atoms with van der Waals surface area (Å²) in [6, 6.07) is 9.71. The summed E-state index contributed by atoms with van der Waals surface area (Å²) in [6.07, 6.45) is -3.18. The number of nitrogens with zero attached hydrogens (tertiary/aromatic N) is 5. The molecule has 0 atom stereocenters. The van der Waals surface area contributed by atoms with Crippen LogP contribution in [0, 0.1) is 6.92 Å². The van der Waals surface area contributed by atoms with E-state index >= 15 is 0 Å². The van der Waals surface area contributed by atoms with Gasteiger partial charge in [0.15, 0.2) is 5.65 Å². The zero-order chi connectivity index (χ0) is 33.4. The van der Waals surface area contributed by atoms with E-state index in [1.807, 2.05) is 20.8 Å². The molecule has 13 heteroatoms. The number of aromatic nitrogens is 5. The number of carbonyl (C=O) groups excluding carboxylic acids is 1. The largest absolute Gasteiger partial charge is 0.444 e. The zero-order valence-corrected chi connectivity index (χ0v) is 28.5. The molecule has 0 aliphatic heterocycles. The van der Waals surface area contributed by atoms with Crippen LogP contribution < -0.4 is 5.32 Å². The van der Waals surface area contributed by atoms with Crippen molar-refractivity contribution in [2.45, 2.75) is 97.7 Å². The van der Waals surface area contributed by atoms with Crippen molar-refractivity contribution in [1.29, 1.82) is 0 Å². The molecule has 1 amide bonds. The van der Waals surface area contributed by atoms with Crippen molar-refractivity contribution in [2.24, 2.45) is 0 Å². The van der Waals surface area contributed by atoms with Crippen LogP contribution in [0.5, 0.6) is 0 Å². The lowest BCUT2D eigenvalue weighted by molar-refractivity contribution is -0.127. The van der Waals surface area contributed by atoms with Gasteiger partial charge in [0.2, 0.25) is 0 Å². The number of alkyl carbamates (subject to hydrolysis) is 1. The highest BCUT2D eigenvalue weighted by Crippen LogP contribution is 2.38. The number of pyridine rings is 1. The highest BCUT2D eigenvalue weighted by Gasteiger charge is 2.34. The molecule has 0 aliphatic carbocycles. The average molecular weight is 645 g/mol. The van der Waals surface area contributed by atoms with E-state index in [1.54, 1.807) is 61.8 Å². The molecule has 0 aliphatic rings. The van der Waals surface area contributed by atoms with E-state index in [-0.39, 0.29) is 18.0 Å². The first-order chi connectivity index (χ1) is 20.7. The minimum atomic E-state index is -4.50. The standard InChI is InChI=1S/C32H43F3N6O3Si/c1-21-16-23(18-40-28(21)36-19-37-40)27-25(17-32(33,34)35)26(39-41(27)20-43-14-15-45(7,8)9)22-10-12-24(13-11-22)31(5,6)38-29(42)44-30(2,3)4/h10-13,16,18-19H,14-15,17,20H2,1-9H3,(H,38,42). The van der Waals surface area contributed by atoms with E-state index < -0.39 is 37.9 Å². The molecule has 0 saturated carbocycles. The van der Waals surface area contributed by atoms with Crippen LogP contribution in [0.4, 0.5) is 18.0 Å². The Hall–Kier alpha value is -3.71. The average Bonchev–Trinajstić information content (AvgIpc) is 3.49. The Morgan fingerprint density at radius 2 is 1.69 bits per heavy atom. The van der Waals surface area contributed by atoms with Gasteiger partial charge in [-0.3, -0.25) is 0 Å². The molecule has 1 N–H and O–H groups in total. The summed E-state index contributed by atoms with van der Waals surface area (Å²) in [4.78, 5) is 16.7. The van der Waals surface area contributed by atoms with E-state index in [1.165, 1.54) is 11.0 Å². The van der Waals surface area contributed by atoms with Gasteiger partial charge in [-0.05, 0) is 64.8 Å². The predicted octanol–water partition coefficient (Wildman–Crippen LogP) is 7.75. The van der Waals surface area contributed by atoms with Crippen LogP contribution in [-0.2, 0) is 28.2 Å². The molecule has 244 valence electrons. The Balaban J connectivity index is 1.79. The van der Waals surface area contributed by atoms with Crippen LogP contribution in [0.15, 0.2) is 42.9 Å². The van der Waals surface area contributed by atoms with Crippen molar-refractivity contribution >= 4 is 19.8 Å². The van der Waals surface area contributed by atoms with Gasteiger partial charge < -0.3 is 14.8 Å². The minimum absolute atomic E-state index is 0.00989. The van der Waals surface area contributed by atoms with Crippen molar-refractivity contribution < 1.29 is 27.4 Å². The molecule has 4 aromatic rings. The maximum absolute atomic E-state index is 14.2. The van der Waals surface area contributed by atoms with E-state index in [0.29, 0.717) is 29.1 Å². The molecule has 0 spiro atoms. The van der Waals surface area contributed by atoms with Gasteiger partial charge in [0, 0.05) is 37.6 Å². The molecule has 0 fully saturated rings. The van der Waals surface area contributed by atoms with Crippen LogP contribution in [0.1, 0.15) is 51.3 Å². The van der Waals surface area contributed by atoms with Crippen molar-refractivity contribution in [2.75, 3.05) is 6.61 Å². The first-order valence-corrected chi connectivity index (χ1v) is 18.6. The van der Waals surface area contributed by atoms with E-state index in [0.717, 1.165) is 17.2 Å². The quantitative estimate of drug-likeness (QED) is 0.140. The number of ether oxygens (including phenoxy) is 2. The summed E-state index contributed by atoms with van der Waals surface area (Å²) < 4.78 is 57.0. The molecule has 0 unspecified atom stereocenters. The molecule has 9 nitrogen and oxygen atoms in total. The zero-order valence-electron chi connectivity index (χ0n) is 27.5. The summed E-state index contributed by atoms with van der Waals surface area (Å²) in [6.45, 7) is 18.0. The molecule has 3 aromatic heterocycles. The van der Waals surface area contributed by atoms with Crippen LogP contribution in [0.3, 0.4) is 0 Å². The molecule has 0 radical (unpaired) electrons. The smallest absolute Gasteiger partial charge is 0.408 e. The van der Waals surface area contributed by atoms with Gasteiger partial charge in [0.05, 0.1) is 23.3 Å². The van der Waals surface area contributed by atoms with Gasteiger partial charge in [0.1, 0.15) is 18.7 Å². The first kappa shape index (κ1) is 34.2. The fourth-order valence-electron chi connectivity index (χ4n) is 4.94. The second-order valence-corrected chi connectivity index (χ2v) is 19.7. The topological polar surface area (TPSA) is 95.6 Å². The van der Waals surface area contributed by atoms with Crippen molar-refractivity contribution in [3.05, 3.63) is 59.5 Å². The summed E-state index contributed by atoms with van der Waals surface area (Å²) >= 11 is 0. The summed E-state index contributed by atoms with van der Waals surface area (Å²) in [5.41, 5.74) is 2.24. The third-order valence-corrected chi connectivity index (χ3v) is 8.87. The van der Waals surface area contributed by atoms with Crippen LogP contribution >= 0.6 is 0 Å². The Labute approximate surface area is 263 Å². The van der Waals surface area contributed by atoms with Gasteiger partial charge in [-0.2, -0.15) is 23.4 Å². The third kappa shape index (κ3) is 8.94. The summed E-state index contributed by atoms with van der Waals surface area (Å²) in [5, 5.41) is 11.8. The number of amides is 1. The Kier molecular flexibility index (Phi) is 9.56. The number of fused-ring (bicyclic) bond motifs is 1. The maximum atomic E-state index is 14.2. The van der Waals surface area contributed by atoms with E-state index in [9.17, 15) is 18.0 Å². The number of aryl methyl sites for hydroxylation is 1. The first-order valence-electron chi connectivity index (χ1n) is 14.9. The lowest BCUT2D eigenvalue weighted by Gasteiger charge is -2.29. The Bertz CT molecular complexity index is 1650. The monoisotopic (exact) mass is 644 g/mol. The van der Waals surface area contributed by atoms with Crippen molar-refractivity contribution in [1.82, 2.24) is 29.7 Å². The van der Waals surface area contributed by atoms with Gasteiger partial charge in [0.25, 0.3) is 0 Å². The molecular weight excluding hydrogens is 601 g/mol. The maximum Gasteiger partial charge on any atom is 0.408 e. The molecule has 3 heterocycles. The van der Waals surface area contributed by atoms with Crippen LogP contribution in [0.25, 0.3) is 28.2 Å². The molecule has 1 aromatic carbocycles. The number of carbonyl (C=O) groups is 1. The fraction of sp³-hybridized carbons (Fsp3) is 0.500. The highest BCUT2D eigenvalue weighted by atomic mass is 28.3. The minimum Gasteiger partial charge on any atom is -0.444 e. The number of benzene rings is 1. The lowest BCUT2D eigenvalue weighted by atomic mass is 9.92. The van der Waals surface area contributed by atoms with Gasteiger partial charge in [-0.25, -0.2) is 19.0 Å². The third-order valence-electron chi connectivity index (χ3n) is 7.16. The molecular formula is C32H43F3N6O3Si.